The van der Waals surface area contributed by atoms with Crippen LogP contribution in [0.5, 0.6) is 0 Å². The zero-order chi connectivity index (χ0) is 27.8. The molecule has 10 heteroatoms. The highest BCUT2D eigenvalue weighted by Crippen LogP contribution is 2.28. The second-order valence-corrected chi connectivity index (χ2v) is 11.9. The van der Waals surface area contributed by atoms with Crippen LogP contribution in [0.4, 0.5) is 5.69 Å². The first-order valence-electron chi connectivity index (χ1n) is 12.4. The largest absolute Gasteiger partial charge is 0.354 e. The van der Waals surface area contributed by atoms with Crippen molar-refractivity contribution in [1.82, 2.24) is 10.2 Å². The third-order valence-corrected chi connectivity index (χ3v) is 8.27. The Morgan fingerprint density at radius 2 is 1.65 bits per heavy atom. The van der Waals surface area contributed by atoms with Gasteiger partial charge in [0.2, 0.25) is 21.8 Å². The van der Waals surface area contributed by atoms with Crippen molar-refractivity contribution in [1.29, 1.82) is 0 Å². The van der Waals surface area contributed by atoms with Crippen molar-refractivity contribution in [3.63, 3.8) is 0 Å². The fourth-order valence-corrected chi connectivity index (χ4v) is 5.49. The number of hydrogen-bond acceptors (Lipinski definition) is 4. The van der Waals surface area contributed by atoms with Crippen LogP contribution < -0.4 is 9.62 Å². The number of aryl methyl sites for hydroxylation is 1. The van der Waals surface area contributed by atoms with E-state index in [1.165, 1.54) is 9.21 Å². The van der Waals surface area contributed by atoms with Gasteiger partial charge in [0.1, 0.15) is 6.04 Å². The highest BCUT2D eigenvalue weighted by atomic mass is 35.5. The van der Waals surface area contributed by atoms with Crippen LogP contribution in [0.2, 0.25) is 10.0 Å². The molecule has 2 aromatic rings. The van der Waals surface area contributed by atoms with E-state index in [9.17, 15) is 18.0 Å². The number of carbonyl (C=O) groups excluding carboxylic acids is 2. The van der Waals surface area contributed by atoms with Crippen molar-refractivity contribution < 1.29 is 18.0 Å². The number of rotatable bonds is 13. The summed E-state index contributed by atoms with van der Waals surface area (Å²) in [7, 11) is -3.57. The molecule has 37 heavy (non-hydrogen) atoms. The molecule has 204 valence electrons. The molecule has 0 aromatic heterocycles. The lowest BCUT2D eigenvalue weighted by Crippen LogP contribution is -2.48. The van der Waals surface area contributed by atoms with E-state index in [2.05, 4.69) is 5.32 Å². The molecular weight excluding hydrogens is 533 g/mol. The molecule has 0 spiro atoms. The maximum atomic E-state index is 13.4. The molecule has 2 aromatic carbocycles. The fourth-order valence-electron chi connectivity index (χ4n) is 3.96. The number of anilines is 1. The van der Waals surface area contributed by atoms with Gasteiger partial charge in [-0.05, 0) is 62.9 Å². The van der Waals surface area contributed by atoms with E-state index in [0.29, 0.717) is 27.8 Å². The third kappa shape index (κ3) is 8.62. The lowest BCUT2D eigenvalue weighted by Gasteiger charge is -2.30. The first kappa shape index (κ1) is 30.9. The Morgan fingerprint density at radius 1 is 1.03 bits per heavy atom. The topological polar surface area (TPSA) is 86.8 Å². The SMILES string of the molecule is CCCCNC(=O)C(C)N(Cc1c(Cl)cccc1Cl)C(=O)CCCN(c1cccc(C)c1C)S(C)(=O)=O. The molecule has 1 unspecified atom stereocenters. The van der Waals surface area contributed by atoms with Crippen molar-refractivity contribution in [2.75, 3.05) is 23.7 Å². The van der Waals surface area contributed by atoms with Crippen LogP contribution >= 0.6 is 23.2 Å². The molecule has 2 rings (SSSR count). The zero-order valence-electron chi connectivity index (χ0n) is 22.2. The molecular formula is C27H37Cl2N3O4S. The van der Waals surface area contributed by atoms with Crippen molar-refractivity contribution in [2.45, 2.75) is 66.0 Å². The number of hydrogen-bond donors (Lipinski definition) is 1. The van der Waals surface area contributed by atoms with Gasteiger partial charge in [-0.25, -0.2) is 8.42 Å². The summed E-state index contributed by atoms with van der Waals surface area (Å²) in [5.74, 6) is -0.554. The van der Waals surface area contributed by atoms with Crippen molar-refractivity contribution in [3.8, 4) is 0 Å². The van der Waals surface area contributed by atoms with Crippen LogP contribution in [-0.2, 0) is 26.2 Å². The molecule has 0 fully saturated rings. The highest BCUT2D eigenvalue weighted by molar-refractivity contribution is 7.92. The number of sulfonamides is 1. The van der Waals surface area contributed by atoms with Gasteiger partial charge in [0.25, 0.3) is 0 Å². The maximum absolute atomic E-state index is 13.4. The van der Waals surface area contributed by atoms with Gasteiger partial charge in [-0.15, -0.1) is 0 Å². The molecule has 0 radical (unpaired) electrons. The van der Waals surface area contributed by atoms with Gasteiger partial charge >= 0.3 is 0 Å². The number of amides is 2. The number of unbranched alkanes of at least 4 members (excludes halogenated alkanes) is 1. The Kier molecular flexibility index (Phi) is 11.7. The summed E-state index contributed by atoms with van der Waals surface area (Å²) >= 11 is 12.7. The van der Waals surface area contributed by atoms with Crippen LogP contribution in [0.15, 0.2) is 36.4 Å². The Labute approximate surface area is 231 Å². The molecule has 0 bridgehead atoms. The van der Waals surface area contributed by atoms with Crippen LogP contribution in [0.25, 0.3) is 0 Å². The van der Waals surface area contributed by atoms with Gasteiger partial charge in [-0.1, -0.05) is 54.7 Å². The van der Waals surface area contributed by atoms with Gasteiger partial charge in [0.05, 0.1) is 11.9 Å². The van der Waals surface area contributed by atoms with E-state index in [-0.39, 0.29) is 37.7 Å². The van der Waals surface area contributed by atoms with Gasteiger partial charge in [0, 0.05) is 41.7 Å². The van der Waals surface area contributed by atoms with E-state index in [4.69, 9.17) is 23.2 Å². The van der Waals surface area contributed by atoms with Crippen molar-refractivity contribution >= 4 is 50.7 Å². The zero-order valence-corrected chi connectivity index (χ0v) is 24.5. The summed E-state index contributed by atoms with van der Waals surface area (Å²) in [5, 5.41) is 3.68. The predicted molar refractivity (Wildman–Crippen MR) is 152 cm³/mol. The second kappa shape index (κ2) is 14.0. The summed E-state index contributed by atoms with van der Waals surface area (Å²) in [6.45, 7) is 8.22. The molecule has 0 aliphatic rings. The van der Waals surface area contributed by atoms with Crippen LogP contribution in [-0.4, -0.2) is 50.5 Å². The van der Waals surface area contributed by atoms with Crippen LogP contribution in [0, 0.1) is 13.8 Å². The molecule has 0 aliphatic carbocycles. The first-order chi connectivity index (χ1) is 17.4. The van der Waals surface area contributed by atoms with Gasteiger partial charge in [-0.3, -0.25) is 13.9 Å². The maximum Gasteiger partial charge on any atom is 0.242 e. The van der Waals surface area contributed by atoms with Gasteiger partial charge < -0.3 is 10.2 Å². The molecule has 0 heterocycles. The molecule has 7 nitrogen and oxygen atoms in total. The average molecular weight is 571 g/mol. The lowest BCUT2D eigenvalue weighted by atomic mass is 10.1. The molecule has 1 atom stereocenters. The number of nitrogens with one attached hydrogen (secondary N) is 1. The molecule has 0 saturated heterocycles. The summed E-state index contributed by atoms with van der Waals surface area (Å²) in [6, 6.07) is 9.83. The van der Waals surface area contributed by atoms with E-state index >= 15 is 0 Å². The van der Waals surface area contributed by atoms with Crippen LogP contribution in [0.3, 0.4) is 0 Å². The molecule has 0 aliphatic heterocycles. The Balaban J connectivity index is 2.24. The monoisotopic (exact) mass is 569 g/mol. The van der Waals surface area contributed by atoms with Gasteiger partial charge in [0.15, 0.2) is 0 Å². The minimum atomic E-state index is -3.57. The van der Waals surface area contributed by atoms with Crippen molar-refractivity contribution in [3.05, 3.63) is 63.1 Å². The smallest absolute Gasteiger partial charge is 0.242 e. The summed E-state index contributed by atoms with van der Waals surface area (Å²) in [5.41, 5.74) is 3.00. The molecule has 1 N–H and O–H groups in total. The molecule has 2 amide bonds. The normalized spacial score (nSPS) is 12.2. The van der Waals surface area contributed by atoms with Crippen LogP contribution in [0.1, 0.15) is 56.2 Å². The second-order valence-electron chi connectivity index (χ2n) is 9.20. The van der Waals surface area contributed by atoms with E-state index in [1.807, 2.05) is 32.9 Å². The minimum absolute atomic E-state index is 0.0472. The summed E-state index contributed by atoms with van der Waals surface area (Å²) in [4.78, 5) is 27.7. The number of nitrogens with zero attached hydrogens (tertiary/aromatic N) is 2. The Bertz CT molecular complexity index is 1180. The van der Waals surface area contributed by atoms with Crippen molar-refractivity contribution in [2.24, 2.45) is 0 Å². The quantitative estimate of drug-likeness (QED) is 0.323. The van der Waals surface area contributed by atoms with E-state index in [1.54, 1.807) is 31.2 Å². The predicted octanol–water partition coefficient (Wildman–Crippen LogP) is 5.49. The highest BCUT2D eigenvalue weighted by Gasteiger charge is 2.28. The first-order valence-corrected chi connectivity index (χ1v) is 15.0. The number of carbonyl (C=O) groups is 2. The fraction of sp³-hybridized carbons (Fsp3) is 0.481. The Morgan fingerprint density at radius 3 is 2.24 bits per heavy atom. The van der Waals surface area contributed by atoms with E-state index in [0.717, 1.165) is 30.2 Å². The third-order valence-electron chi connectivity index (χ3n) is 6.38. The minimum Gasteiger partial charge on any atom is -0.354 e. The molecule has 0 saturated carbocycles. The summed E-state index contributed by atoms with van der Waals surface area (Å²) < 4.78 is 26.5. The van der Waals surface area contributed by atoms with E-state index < -0.39 is 16.1 Å². The average Bonchev–Trinajstić information content (AvgIpc) is 2.82. The lowest BCUT2D eigenvalue weighted by molar-refractivity contribution is -0.140. The number of benzene rings is 2. The summed E-state index contributed by atoms with van der Waals surface area (Å²) in [6.07, 6.45) is 3.25. The van der Waals surface area contributed by atoms with Gasteiger partial charge in [-0.2, -0.15) is 0 Å². The number of halogens is 2. The standard InChI is InChI=1S/C27H37Cl2N3O4S/c1-6-7-16-30-27(34)21(4)31(18-22-23(28)12-9-13-24(22)29)26(33)15-10-17-32(37(5,35)36)25-14-8-11-19(2)20(25)3/h8-9,11-14,21H,6-7,10,15-18H2,1-5H3,(H,30,34). The Hall–Kier alpha value is -2.29.